The number of rotatable bonds is 7. The molecule has 0 atom stereocenters. The number of aromatic nitrogens is 2. The Morgan fingerprint density at radius 2 is 0.855 bits per heavy atom. The molecule has 17 nitrogen and oxygen atoms in total. The molecule has 76 heavy (non-hydrogen) atoms. The third-order valence-electron chi connectivity index (χ3n) is 12.0. The maximum Gasteiger partial charge on any atom is 0.335 e. The zero-order valence-electron chi connectivity index (χ0n) is 41.0. The lowest BCUT2D eigenvalue weighted by Gasteiger charge is -2.36. The number of benzene rings is 5. The Balaban J connectivity index is 0.000000169. The fraction of sp³-hybridized carbons (Fsp3) is 0.255. The Hall–Kier alpha value is -6.84. The lowest BCUT2D eigenvalue weighted by Crippen LogP contribution is -2.48. The van der Waals surface area contributed by atoms with Crippen LogP contribution in [0.3, 0.4) is 0 Å². The number of hydrogen-bond acceptors (Lipinski definition) is 14. The number of nitrogens with zero attached hydrogens (tertiary/aromatic N) is 8. The number of carboxylic acids is 1. The van der Waals surface area contributed by atoms with Crippen molar-refractivity contribution in [1.82, 2.24) is 24.7 Å². The van der Waals surface area contributed by atoms with E-state index in [0.717, 1.165) is 63.7 Å². The summed E-state index contributed by atoms with van der Waals surface area (Å²) in [6.07, 6.45) is 0. The molecule has 4 N–H and O–H groups in total. The molecule has 2 aromatic heterocycles. The Kier molecular flexibility index (Phi) is 22.2. The number of nitrogens with two attached hydrogens (primary N) is 1. The zero-order valence-corrected chi connectivity index (χ0v) is 44.9. The number of nitrogens with one attached hydrogen (secondary N) is 1. The first kappa shape index (κ1) is 58.4. The summed E-state index contributed by atoms with van der Waals surface area (Å²) in [5, 5.41) is 12.6. The van der Waals surface area contributed by atoms with Crippen LogP contribution in [0.2, 0.25) is 0 Å². The third kappa shape index (κ3) is 17.1. The van der Waals surface area contributed by atoms with Crippen LogP contribution < -0.4 is 25.8 Å². The second-order valence-corrected chi connectivity index (χ2v) is 20.0. The van der Waals surface area contributed by atoms with Gasteiger partial charge in [0.05, 0.1) is 31.3 Å². The van der Waals surface area contributed by atoms with Gasteiger partial charge in [0.1, 0.15) is 0 Å². The van der Waals surface area contributed by atoms with Crippen molar-refractivity contribution in [2.45, 2.75) is 0 Å². The van der Waals surface area contributed by atoms with Crippen molar-refractivity contribution < 1.29 is 33.9 Å². The molecule has 388 valence electrons. The van der Waals surface area contributed by atoms with Gasteiger partial charge in [-0.3, -0.25) is 29.3 Å². The number of para-hydroxylation sites is 2. The molecule has 0 bridgehead atoms. The number of halogens is 3. The number of carboxylic acid groups (broad SMARTS) is 1. The van der Waals surface area contributed by atoms with E-state index in [1.165, 1.54) is 22.7 Å². The topological polar surface area (TPSA) is 206 Å². The molecule has 6 radical (unpaired) electrons. The smallest absolute Gasteiger partial charge is 0.335 e. The highest BCUT2D eigenvalue weighted by molar-refractivity contribution is 7.22. The molecule has 0 unspecified atom stereocenters. The zero-order chi connectivity index (χ0) is 54.7. The largest absolute Gasteiger partial charge is 0.478 e. The van der Waals surface area contributed by atoms with E-state index in [-0.39, 0.29) is 28.4 Å². The second-order valence-electron chi connectivity index (χ2n) is 16.7. The van der Waals surface area contributed by atoms with Gasteiger partial charge in [-0.15, -0.1) is 23.2 Å². The summed E-state index contributed by atoms with van der Waals surface area (Å²) in [6, 6.07) is 37.0. The van der Waals surface area contributed by atoms with E-state index in [2.05, 4.69) is 30.0 Å². The number of nitrogen functional groups attached to an aromatic ring is 1. The van der Waals surface area contributed by atoms with Crippen LogP contribution >= 0.6 is 57.5 Å². The van der Waals surface area contributed by atoms with Gasteiger partial charge in [0.2, 0.25) is 23.5 Å². The van der Waals surface area contributed by atoms with E-state index >= 15 is 0 Å². The van der Waals surface area contributed by atoms with Crippen LogP contribution in [0, 0.1) is 0 Å². The Morgan fingerprint density at radius 3 is 1.20 bits per heavy atom. The minimum absolute atomic E-state index is 0.181. The summed E-state index contributed by atoms with van der Waals surface area (Å²) in [6.45, 7) is 7.95. The van der Waals surface area contributed by atoms with Gasteiger partial charge in [-0.2, -0.15) is 0 Å². The number of alkyl halides is 2. The van der Waals surface area contributed by atoms with Gasteiger partial charge < -0.3 is 40.2 Å². The van der Waals surface area contributed by atoms with Gasteiger partial charge in [-0.25, -0.2) is 14.8 Å². The maximum absolute atomic E-state index is 12.5. The average Bonchev–Trinajstić information content (AvgIpc) is 4.04. The normalized spacial score (nSPS) is 14.1. The van der Waals surface area contributed by atoms with Crippen LogP contribution in [0.25, 0.3) is 20.4 Å². The average molecular weight is 1120 g/mol. The van der Waals surface area contributed by atoms with Crippen LogP contribution in [-0.4, -0.2) is 172 Å². The number of fused-ring (bicyclic) bond motifs is 2. The lowest BCUT2D eigenvalue weighted by atomic mass is 10.1. The first-order chi connectivity index (χ1) is 36.5. The van der Waals surface area contributed by atoms with Crippen molar-refractivity contribution in [2.24, 2.45) is 0 Å². The summed E-state index contributed by atoms with van der Waals surface area (Å²) in [7, 11) is 15.7. The predicted molar refractivity (Wildman–Crippen MR) is 309 cm³/mol. The van der Waals surface area contributed by atoms with E-state index in [0.29, 0.717) is 73.7 Å². The highest BCUT2D eigenvalue weighted by atomic mass is 35.5. The van der Waals surface area contributed by atoms with Crippen molar-refractivity contribution in [1.29, 1.82) is 0 Å². The molecule has 0 aliphatic carbocycles. The van der Waals surface area contributed by atoms with Crippen LogP contribution in [0.1, 0.15) is 31.1 Å². The first-order valence-corrected chi connectivity index (χ1v) is 26.6. The number of thiazole rings is 2. The third-order valence-corrected chi connectivity index (χ3v) is 14.1. The fourth-order valence-corrected chi connectivity index (χ4v) is 9.70. The second kappa shape index (κ2) is 28.9. The molecular weight excluding hydrogens is 1070 g/mol. The van der Waals surface area contributed by atoms with Crippen LogP contribution in [0.5, 0.6) is 0 Å². The van der Waals surface area contributed by atoms with Crippen LogP contribution in [-0.2, 0) is 0 Å². The first-order valence-electron chi connectivity index (χ1n) is 23.5. The Bertz CT molecular complexity index is 2910. The fourth-order valence-electron chi connectivity index (χ4n) is 7.98. The minimum atomic E-state index is -0.930. The summed E-state index contributed by atoms with van der Waals surface area (Å²) in [4.78, 5) is 87.1. The lowest BCUT2D eigenvalue weighted by molar-refractivity contribution is 0.0696. The van der Waals surface area contributed by atoms with Crippen molar-refractivity contribution >= 4 is 163 Å². The number of piperazine rings is 3. The SMILES string of the molecule is ClCCl.Nc1nc2ccccc2s1.[B]C(=O)N1CCN(c2ccc(C(=O)Cl)cc2)CC1.[B]C(=O)N1CCN(c2ccc(C(=O)Nc3nc4ccccc4s3)cc2)CC1.[B]C(=O)N1CCN(c2ccc(C(=O)O)cc2)CC1. The van der Waals surface area contributed by atoms with Crippen molar-refractivity contribution in [2.75, 3.05) is 110 Å². The van der Waals surface area contributed by atoms with Crippen LogP contribution in [0.15, 0.2) is 121 Å². The van der Waals surface area contributed by atoms with E-state index in [1.807, 2.05) is 72.8 Å². The van der Waals surface area contributed by atoms with Crippen LogP contribution in [0.4, 0.5) is 41.7 Å². The van der Waals surface area contributed by atoms with E-state index < -0.39 is 17.0 Å². The molecule has 3 fully saturated rings. The number of anilines is 5. The number of carbonyl (C=O) groups excluding carboxylic acids is 5. The van der Waals surface area contributed by atoms with Crippen molar-refractivity contribution in [3.8, 4) is 0 Å². The standard InChI is InChI=1S/C19H17BN4O2S.C12H12BClN2O2.C12H13BN2O3.C7H6N2S.CH2Cl2/c20-18(26)24-11-9-23(10-12-24)14-7-5-13(6-8-14)17(25)22-19-21-15-3-1-2-4-16(15)27-19;13-12(18)16-7-5-15(6-8-16)10-3-1-9(2-4-10)11(14)17;13-12(18)15-7-5-14(6-8-15)10-3-1-9(2-4-10)11(16)17;8-7-9-5-3-1-2-4-6(5)10-7;2-1-3/h1-8H,9-12H2,(H,21,22,25);1-4H,5-8H2;1-4H,5-8H2,(H,16,17);1-4H,(H2,8,9);1H2. The number of hydrogen-bond donors (Lipinski definition) is 3. The number of carbonyl (C=O) groups is 6. The molecule has 3 aliphatic heterocycles. The molecule has 25 heteroatoms. The van der Waals surface area contributed by atoms with Gasteiger partial charge in [0.25, 0.3) is 11.1 Å². The number of amides is 4. The number of aromatic carboxylic acids is 1. The molecule has 4 amide bonds. The van der Waals surface area contributed by atoms with Gasteiger partial charge >= 0.3 is 5.97 Å². The maximum atomic E-state index is 12.5. The molecule has 5 heterocycles. The summed E-state index contributed by atoms with van der Waals surface area (Å²) in [5.74, 6) is -2.26. The van der Waals surface area contributed by atoms with Crippen molar-refractivity contribution in [3.63, 3.8) is 0 Å². The van der Waals surface area contributed by atoms with Gasteiger partial charge in [-0.05, 0) is 109 Å². The predicted octanol–water partition coefficient (Wildman–Crippen LogP) is 8.53. The highest BCUT2D eigenvalue weighted by Crippen LogP contribution is 2.27. The highest BCUT2D eigenvalue weighted by Gasteiger charge is 2.21. The molecule has 10 rings (SSSR count). The summed E-state index contributed by atoms with van der Waals surface area (Å²) >= 11 is 17.9. The molecule has 0 saturated carbocycles. The quantitative estimate of drug-likeness (QED) is 0.0779. The van der Waals surface area contributed by atoms with E-state index in [9.17, 15) is 28.8 Å². The summed E-state index contributed by atoms with van der Waals surface area (Å²) < 4.78 is 2.19. The molecule has 3 saturated heterocycles. The molecule has 0 spiro atoms. The van der Waals surface area contributed by atoms with Gasteiger partial charge in [0, 0.05) is 107 Å². The monoisotopic (exact) mass is 1120 g/mol. The van der Waals surface area contributed by atoms with Crippen molar-refractivity contribution in [3.05, 3.63) is 138 Å². The van der Waals surface area contributed by atoms with Gasteiger partial charge in [-0.1, -0.05) is 46.9 Å². The van der Waals surface area contributed by atoms with Gasteiger partial charge in [0.15, 0.2) is 27.7 Å². The Labute approximate surface area is 466 Å². The molecular formula is C51H50B3Cl3N10O7S2. The molecule has 3 aliphatic rings. The minimum Gasteiger partial charge on any atom is -0.478 e. The summed E-state index contributed by atoms with van der Waals surface area (Å²) in [5.41, 5.74) is 11.7. The Morgan fingerprint density at radius 1 is 0.513 bits per heavy atom. The van der Waals surface area contributed by atoms with E-state index in [1.54, 1.807) is 63.2 Å². The van der Waals surface area contributed by atoms with E-state index in [4.69, 9.17) is 69.2 Å². The molecule has 7 aromatic rings. The molecule has 5 aromatic carbocycles.